The molecule has 1 amide bonds. The van der Waals surface area contributed by atoms with Crippen LogP contribution in [-0.4, -0.2) is 20.1 Å². The molecular weight excluding hydrogens is 353 g/mol. The quantitative estimate of drug-likeness (QED) is 0.777. The molecule has 19 heavy (non-hydrogen) atoms. The van der Waals surface area contributed by atoms with E-state index in [1.807, 2.05) is 48.5 Å². The molecule has 2 aromatic carbocycles. The van der Waals surface area contributed by atoms with Crippen LogP contribution < -0.4 is 9.64 Å². The molecule has 0 heterocycles. The second-order valence-electron chi connectivity index (χ2n) is 4.07. The molecule has 0 fully saturated rings. The Hall–Kier alpha value is -1.56. The van der Waals surface area contributed by atoms with Gasteiger partial charge in [-0.1, -0.05) is 0 Å². The summed E-state index contributed by atoms with van der Waals surface area (Å²) >= 11 is 2.22. The number of rotatable bonds is 3. The molecule has 98 valence electrons. The molecule has 0 bridgehead atoms. The van der Waals surface area contributed by atoms with Gasteiger partial charge in [-0.2, -0.15) is 0 Å². The third kappa shape index (κ3) is 3.26. The smallest absolute Gasteiger partial charge is 0.258 e. The van der Waals surface area contributed by atoms with E-state index >= 15 is 0 Å². The molecule has 4 heteroatoms. The molecule has 0 saturated heterocycles. The average molecular weight is 367 g/mol. The van der Waals surface area contributed by atoms with Crippen molar-refractivity contribution in [3.63, 3.8) is 0 Å². The summed E-state index contributed by atoms with van der Waals surface area (Å²) in [6.45, 7) is 0. The van der Waals surface area contributed by atoms with Crippen molar-refractivity contribution in [2.24, 2.45) is 0 Å². The monoisotopic (exact) mass is 367 g/mol. The molecule has 0 N–H and O–H groups in total. The lowest BCUT2D eigenvalue weighted by atomic mass is 10.2. The van der Waals surface area contributed by atoms with Crippen LogP contribution in [0.25, 0.3) is 0 Å². The molecule has 0 atom stereocenters. The predicted octanol–water partition coefficient (Wildman–Crippen LogP) is 3.58. The van der Waals surface area contributed by atoms with Gasteiger partial charge in [0.1, 0.15) is 5.75 Å². The summed E-state index contributed by atoms with van der Waals surface area (Å²) in [6.07, 6.45) is 0. The summed E-state index contributed by atoms with van der Waals surface area (Å²) in [6, 6.07) is 14.9. The second kappa shape index (κ2) is 6.06. The van der Waals surface area contributed by atoms with E-state index in [1.54, 1.807) is 19.1 Å². The van der Waals surface area contributed by atoms with Gasteiger partial charge in [-0.15, -0.1) is 0 Å². The molecule has 0 aliphatic heterocycles. The molecule has 2 aromatic rings. The van der Waals surface area contributed by atoms with Crippen molar-refractivity contribution in [3.8, 4) is 5.75 Å². The number of carbonyl (C=O) groups excluding carboxylic acids is 1. The normalized spacial score (nSPS) is 10.1. The van der Waals surface area contributed by atoms with Crippen LogP contribution in [0.2, 0.25) is 0 Å². The number of hydrogen-bond donors (Lipinski definition) is 0. The zero-order valence-electron chi connectivity index (χ0n) is 10.8. The fraction of sp³-hybridized carbons (Fsp3) is 0.133. The summed E-state index contributed by atoms with van der Waals surface area (Å²) in [5, 5.41) is 0. The van der Waals surface area contributed by atoms with Gasteiger partial charge in [0.15, 0.2) is 0 Å². The Morgan fingerprint density at radius 3 is 2.16 bits per heavy atom. The predicted molar refractivity (Wildman–Crippen MR) is 84.9 cm³/mol. The number of methoxy groups -OCH3 is 1. The van der Waals surface area contributed by atoms with Crippen molar-refractivity contribution < 1.29 is 9.53 Å². The van der Waals surface area contributed by atoms with Gasteiger partial charge in [0, 0.05) is 21.9 Å². The first-order valence-corrected chi connectivity index (χ1v) is 6.87. The zero-order valence-corrected chi connectivity index (χ0v) is 12.9. The Labute approximate surface area is 126 Å². The molecule has 3 nitrogen and oxygen atoms in total. The minimum atomic E-state index is -0.0263. The molecule has 0 aliphatic carbocycles. The van der Waals surface area contributed by atoms with E-state index in [4.69, 9.17) is 4.74 Å². The minimum Gasteiger partial charge on any atom is -0.497 e. The molecule has 0 spiro atoms. The fourth-order valence-electron chi connectivity index (χ4n) is 1.71. The second-order valence-corrected chi connectivity index (χ2v) is 5.31. The summed E-state index contributed by atoms with van der Waals surface area (Å²) < 4.78 is 6.22. The van der Waals surface area contributed by atoms with Crippen LogP contribution in [-0.2, 0) is 0 Å². The van der Waals surface area contributed by atoms with Crippen LogP contribution in [0, 0.1) is 3.57 Å². The zero-order chi connectivity index (χ0) is 13.8. The van der Waals surface area contributed by atoms with Gasteiger partial charge in [-0.3, -0.25) is 4.79 Å². The van der Waals surface area contributed by atoms with E-state index in [0.717, 1.165) is 15.0 Å². The third-order valence-corrected chi connectivity index (χ3v) is 3.57. The van der Waals surface area contributed by atoms with E-state index in [2.05, 4.69) is 22.6 Å². The first-order valence-electron chi connectivity index (χ1n) is 5.79. The number of anilines is 1. The highest BCUT2D eigenvalue weighted by Crippen LogP contribution is 2.20. The van der Waals surface area contributed by atoms with Gasteiger partial charge in [0.05, 0.1) is 7.11 Å². The Morgan fingerprint density at radius 1 is 1.05 bits per heavy atom. The van der Waals surface area contributed by atoms with E-state index in [0.29, 0.717) is 5.56 Å². The topological polar surface area (TPSA) is 29.5 Å². The maximum absolute atomic E-state index is 12.3. The van der Waals surface area contributed by atoms with Crippen molar-refractivity contribution in [3.05, 3.63) is 57.7 Å². The average Bonchev–Trinajstić information content (AvgIpc) is 2.46. The van der Waals surface area contributed by atoms with Crippen LogP contribution in [0.1, 0.15) is 10.4 Å². The summed E-state index contributed by atoms with van der Waals surface area (Å²) in [7, 11) is 3.39. The minimum absolute atomic E-state index is 0.0263. The summed E-state index contributed by atoms with van der Waals surface area (Å²) in [5.74, 6) is 0.750. The van der Waals surface area contributed by atoms with E-state index in [-0.39, 0.29) is 5.91 Å². The number of amides is 1. The lowest BCUT2D eigenvalue weighted by Gasteiger charge is -2.17. The lowest BCUT2D eigenvalue weighted by molar-refractivity contribution is 0.0993. The maximum Gasteiger partial charge on any atom is 0.258 e. The number of hydrogen-bond acceptors (Lipinski definition) is 2. The molecular formula is C15H14INO2. The fourth-order valence-corrected chi connectivity index (χ4v) is 2.07. The van der Waals surface area contributed by atoms with Crippen LogP contribution in [0.5, 0.6) is 5.75 Å². The number of ether oxygens (including phenoxy) is 1. The summed E-state index contributed by atoms with van der Waals surface area (Å²) in [5.41, 5.74) is 1.52. The molecule has 2 rings (SSSR count). The van der Waals surface area contributed by atoms with Gasteiger partial charge in [0.2, 0.25) is 0 Å². The Kier molecular flexibility index (Phi) is 4.42. The SMILES string of the molecule is COc1ccc(N(C)C(=O)c2ccc(I)cc2)cc1. The largest absolute Gasteiger partial charge is 0.497 e. The van der Waals surface area contributed by atoms with Crippen molar-refractivity contribution in [2.45, 2.75) is 0 Å². The molecule has 0 aliphatic rings. The molecule has 0 aromatic heterocycles. The molecule has 0 radical (unpaired) electrons. The maximum atomic E-state index is 12.3. The highest BCUT2D eigenvalue weighted by atomic mass is 127. The number of carbonyl (C=O) groups is 1. The van der Waals surface area contributed by atoms with Crippen LogP contribution in [0.4, 0.5) is 5.69 Å². The van der Waals surface area contributed by atoms with Crippen LogP contribution >= 0.6 is 22.6 Å². The van der Waals surface area contributed by atoms with E-state index in [1.165, 1.54) is 0 Å². The highest BCUT2D eigenvalue weighted by molar-refractivity contribution is 14.1. The Bertz CT molecular complexity index is 564. The Morgan fingerprint density at radius 2 is 1.63 bits per heavy atom. The van der Waals surface area contributed by atoms with Crippen LogP contribution in [0.3, 0.4) is 0 Å². The van der Waals surface area contributed by atoms with Gasteiger partial charge in [-0.25, -0.2) is 0 Å². The first kappa shape index (κ1) is 13.9. The highest BCUT2D eigenvalue weighted by Gasteiger charge is 2.13. The summed E-state index contributed by atoms with van der Waals surface area (Å²) in [4.78, 5) is 13.9. The van der Waals surface area contributed by atoms with E-state index < -0.39 is 0 Å². The molecule has 0 saturated carbocycles. The van der Waals surface area contributed by atoms with Gasteiger partial charge in [0.25, 0.3) is 5.91 Å². The van der Waals surface area contributed by atoms with Crippen molar-refractivity contribution in [1.29, 1.82) is 0 Å². The number of benzene rings is 2. The number of nitrogens with zero attached hydrogens (tertiary/aromatic N) is 1. The molecule has 0 unspecified atom stereocenters. The third-order valence-electron chi connectivity index (χ3n) is 2.86. The van der Waals surface area contributed by atoms with E-state index in [9.17, 15) is 4.79 Å². The van der Waals surface area contributed by atoms with Crippen molar-refractivity contribution in [1.82, 2.24) is 0 Å². The van der Waals surface area contributed by atoms with Gasteiger partial charge in [-0.05, 0) is 71.1 Å². The van der Waals surface area contributed by atoms with Gasteiger partial charge >= 0.3 is 0 Å². The van der Waals surface area contributed by atoms with Gasteiger partial charge < -0.3 is 9.64 Å². The Balaban J connectivity index is 2.20. The van der Waals surface area contributed by atoms with Crippen molar-refractivity contribution >= 4 is 34.2 Å². The number of halogens is 1. The standard InChI is InChI=1S/C15H14INO2/c1-17(13-7-9-14(19-2)10-8-13)15(18)11-3-5-12(16)6-4-11/h3-10H,1-2H3. The lowest BCUT2D eigenvalue weighted by Crippen LogP contribution is -2.26. The first-order chi connectivity index (χ1) is 9.11. The van der Waals surface area contributed by atoms with Crippen LogP contribution in [0.15, 0.2) is 48.5 Å². The van der Waals surface area contributed by atoms with Crippen molar-refractivity contribution in [2.75, 3.05) is 19.1 Å².